The largest absolute Gasteiger partial charge is 0.493 e. The smallest absolute Gasteiger partial charge is 0.231 e. The van der Waals surface area contributed by atoms with E-state index in [-0.39, 0.29) is 46.6 Å². The average molecular weight is 341 g/mol. The fraction of sp³-hybridized carbons (Fsp3) is 0.333. The van der Waals surface area contributed by atoms with Crippen LogP contribution in [0.15, 0.2) is 12.1 Å². The Labute approximate surface area is 138 Å². The van der Waals surface area contributed by atoms with Gasteiger partial charge in [0.15, 0.2) is 5.75 Å². The number of halogens is 1. The van der Waals surface area contributed by atoms with E-state index in [1.807, 2.05) is 0 Å². The molecule has 0 heterocycles. The van der Waals surface area contributed by atoms with Crippen molar-refractivity contribution in [2.45, 2.75) is 26.7 Å². The van der Waals surface area contributed by atoms with Crippen molar-refractivity contribution >= 4 is 46.4 Å². The number of carbonyl (C=O) groups excluding carboxylic acids is 4. The van der Waals surface area contributed by atoms with Crippen LogP contribution in [-0.4, -0.2) is 30.5 Å². The van der Waals surface area contributed by atoms with Gasteiger partial charge in [-0.25, -0.2) is 0 Å². The van der Waals surface area contributed by atoms with Crippen LogP contribution in [-0.2, 0) is 19.2 Å². The molecule has 124 valence electrons. The number of anilines is 2. The van der Waals surface area contributed by atoms with Gasteiger partial charge in [0, 0.05) is 0 Å². The van der Waals surface area contributed by atoms with Crippen molar-refractivity contribution in [3.63, 3.8) is 0 Å². The second kappa shape index (κ2) is 8.28. The van der Waals surface area contributed by atoms with Crippen LogP contribution >= 0.6 is 11.6 Å². The van der Waals surface area contributed by atoms with Crippen LogP contribution < -0.4 is 15.4 Å². The van der Waals surface area contributed by atoms with Crippen LogP contribution in [0.2, 0.25) is 5.02 Å². The number of nitrogens with one attached hydrogen (secondary N) is 2. The molecule has 0 radical (unpaired) electrons. The van der Waals surface area contributed by atoms with Crippen LogP contribution in [0.1, 0.15) is 26.7 Å². The molecule has 1 rings (SSSR count). The molecular formula is C15H17ClN2O5. The molecular weight excluding hydrogens is 324 g/mol. The van der Waals surface area contributed by atoms with Gasteiger partial charge >= 0.3 is 0 Å². The van der Waals surface area contributed by atoms with Crippen molar-refractivity contribution in [3.05, 3.63) is 17.2 Å². The molecule has 0 aliphatic heterocycles. The summed E-state index contributed by atoms with van der Waals surface area (Å²) in [6.45, 7) is 2.60. The molecule has 0 aliphatic carbocycles. The molecule has 0 saturated heterocycles. The molecule has 0 saturated carbocycles. The first-order valence-electron chi connectivity index (χ1n) is 6.69. The van der Waals surface area contributed by atoms with Crippen LogP contribution in [0, 0.1) is 0 Å². The van der Waals surface area contributed by atoms with Gasteiger partial charge in [-0.2, -0.15) is 0 Å². The van der Waals surface area contributed by atoms with Gasteiger partial charge in [0.1, 0.15) is 16.6 Å². The lowest BCUT2D eigenvalue weighted by Crippen LogP contribution is -2.17. The zero-order valence-corrected chi connectivity index (χ0v) is 13.7. The fourth-order valence-corrected chi connectivity index (χ4v) is 2.08. The van der Waals surface area contributed by atoms with Gasteiger partial charge in [-0.15, -0.1) is 0 Å². The molecule has 0 aromatic heterocycles. The summed E-state index contributed by atoms with van der Waals surface area (Å²) in [7, 11) is 1.35. The molecule has 23 heavy (non-hydrogen) atoms. The third-order valence-corrected chi connectivity index (χ3v) is 3.04. The van der Waals surface area contributed by atoms with E-state index < -0.39 is 11.8 Å². The predicted octanol–water partition coefficient (Wildman–Crippen LogP) is 2.18. The van der Waals surface area contributed by atoms with Crippen LogP contribution in [0.25, 0.3) is 0 Å². The van der Waals surface area contributed by atoms with E-state index in [0.717, 1.165) is 0 Å². The Bertz CT molecular complexity index is 658. The number of hydrogen-bond donors (Lipinski definition) is 2. The molecule has 1 aromatic rings. The molecule has 2 N–H and O–H groups in total. The lowest BCUT2D eigenvalue weighted by molar-refractivity contribution is -0.125. The number of hydrogen-bond acceptors (Lipinski definition) is 5. The maximum absolute atomic E-state index is 11.6. The molecule has 0 bridgehead atoms. The summed E-state index contributed by atoms with van der Waals surface area (Å²) in [5.41, 5.74) is 0.521. The number of methoxy groups -OCH3 is 1. The summed E-state index contributed by atoms with van der Waals surface area (Å²) >= 11 is 6.14. The van der Waals surface area contributed by atoms with Gasteiger partial charge < -0.3 is 15.4 Å². The van der Waals surface area contributed by atoms with Gasteiger partial charge in [0.05, 0.1) is 31.3 Å². The van der Waals surface area contributed by atoms with E-state index in [4.69, 9.17) is 16.3 Å². The van der Waals surface area contributed by atoms with E-state index >= 15 is 0 Å². The van der Waals surface area contributed by atoms with Gasteiger partial charge in [-0.1, -0.05) is 11.6 Å². The zero-order valence-electron chi connectivity index (χ0n) is 13.0. The summed E-state index contributed by atoms with van der Waals surface area (Å²) in [5.74, 6) is -1.42. The molecule has 0 atom stereocenters. The fourth-order valence-electron chi connectivity index (χ4n) is 1.79. The minimum absolute atomic E-state index is 0.0741. The van der Waals surface area contributed by atoms with Crippen molar-refractivity contribution in [2.75, 3.05) is 17.7 Å². The van der Waals surface area contributed by atoms with E-state index in [9.17, 15) is 19.2 Å². The van der Waals surface area contributed by atoms with E-state index in [0.29, 0.717) is 0 Å². The number of rotatable bonds is 7. The first kappa shape index (κ1) is 18.6. The third-order valence-electron chi connectivity index (χ3n) is 2.67. The average Bonchev–Trinajstić information content (AvgIpc) is 2.40. The summed E-state index contributed by atoms with van der Waals surface area (Å²) in [4.78, 5) is 45.1. The highest BCUT2D eigenvalue weighted by Crippen LogP contribution is 2.38. The Balaban J connectivity index is 2.99. The SMILES string of the molecule is COc1c(NC(=O)CC(C)=O)ccc(NC(=O)CC(C)=O)c1Cl. The first-order valence-corrected chi connectivity index (χ1v) is 7.07. The van der Waals surface area contributed by atoms with Crippen molar-refractivity contribution in [1.29, 1.82) is 0 Å². The van der Waals surface area contributed by atoms with E-state index in [1.165, 1.54) is 33.1 Å². The molecule has 0 spiro atoms. The monoisotopic (exact) mass is 340 g/mol. The Morgan fingerprint density at radius 2 is 1.39 bits per heavy atom. The Kier molecular flexibility index (Phi) is 6.71. The summed E-state index contributed by atoms with van der Waals surface area (Å²) in [5, 5.41) is 5.07. The van der Waals surface area contributed by atoms with Crippen molar-refractivity contribution in [3.8, 4) is 5.75 Å². The van der Waals surface area contributed by atoms with Gasteiger partial charge in [0.25, 0.3) is 0 Å². The lowest BCUT2D eigenvalue weighted by atomic mass is 10.2. The Hall–Kier alpha value is -2.41. The number of ether oxygens (including phenoxy) is 1. The van der Waals surface area contributed by atoms with Gasteiger partial charge in [-0.3, -0.25) is 19.2 Å². The molecule has 0 fully saturated rings. The lowest BCUT2D eigenvalue weighted by Gasteiger charge is -2.15. The topological polar surface area (TPSA) is 102 Å². The van der Waals surface area contributed by atoms with Crippen molar-refractivity contribution in [2.24, 2.45) is 0 Å². The van der Waals surface area contributed by atoms with Crippen LogP contribution in [0.5, 0.6) is 5.75 Å². The summed E-state index contributed by atoms with van der Waals surface area (Å²) < 4.78 is 5.14. The van der Waals surface area contributed by atoms with Gasteiger partial charge in [0.2, 0.25) is 11.8 Å². The van der Waals surface area contributed by atoms with Crippen molar-refractivity contribution < 1.29 is 23.9 Å². The van der Waals surface area contributed by atoms with Crippen LogP contribution in [0.3, 0.4) is 0 Å². The van der Waals surface area contributed by atoms with E-state index in [2.05, 4.69) is 10.6 Å². The predicted molar refractivity (Wildman–Crippen MR) is 85.9 cm³/mol. The number of amides is 2. The van der Waals surface area contributed by atoms with E-state index in [1.54, 1.807) is 0 Å². The quantitative estimate of drug-likeness (QED) is 0.741. The molecule has 7 nitrogen and oxygen atoms in total. The number of ketones is 2. The Morgan fingerprint density at radius 1 is 0.957 bits per heavy atom. The zero-order chi connectivity index (χ0) is 17.6. The van der Waals surface area contributed by atoms with Crippen molar-refractivity contribution in [1.82, 2.24) is 0 Å². The highest BCUT2D eigenvalue weighted by atomic mass is 35.5. The molecule has 0 aliphatic rings. The minimum atomic E-state index is -0.505. The number of carbonyl (C=O) groups is 4. The standard InChI is InChI=1S/C15H17ClN2O5/c1-8(19)6-12(21)17-10-4-5-11(15(23-3)14(10)16)18-13(22)7-9(2)20/h4-5H,6-7H2,1-3H3,(H,17,21)(H,18,22). The summed E-state index contributed by atoms with van der Waals surface area (Å²) in [6.07, 6.45) is -0.534. The molecule has 1 aromatic carbocycles. The van der Waals surface area contributed by atoms with Gasteiger partial charge in [-0.05, 0) is 26.0 Å². The summed E-state index contributed by atoms with van der Waals surface area (Å²) in [6, 6.07) is 2.94. The second-order valence-electron chi connectivity index (χ2n) is 4.86. The number of benzene rings is 1. The second-order valence-corrected chi connectivity index (χ2v) is 5.24. The third kappa shape index (κ3) is 5.71. The molecule has 8 heteroatoms. The normalized spacial score (nSPS) is 9.91. The first-order chi connectivity index (χ1) is 10.7. The highest BCUT2D eigenvalue weighted by Gasteiger charge is 2.17. The maximum Gasteiger partial charge on any atom is 0.231 e. The van der Waals surface area contributed by atoms with Crippen LogP contribution in [0.4, 0.5) is 11.4 Å². The minimum Gasteiger partial charge on any atom is -0.493 e. The molecule has 0 unspecified atom stereocenters. The Morgan fingerprint density at radius 3 is 1.83 bits per heavy atom. The number of Topliss-reactive ketones (excluding diaryl/α,β-unsaturated/α-hetero) is 2. The maximum atomic E-state index is 11.6. The highest BCUT2D eigenvalue weighted by molar-refractivity contribution is 6.36. The molecule has 2 amide bonds.